The molecule has 0 unspecified atom stereocenters. The first kappa shape index (κ1) is 17.3. The van der Waals surface area contributed by atoms with Crippen LogP contribution in [-0.4, -0.2) is 18.2 Å². The Balaban J connectivity index is 1.87. The molecule has 0 amide bonds. The lowest BCUT2D eigenvalue weighted by atomic mass is 9.60. The van der Waals surface area contributed by atoms with Gasteiger partial charge >= 0.3 is 0 Å². The number of Topliss-reactive ketones (excluding diaryl/α,β-unsaturated/α-hetero) is 1. The molecule has 2 aliphatic heterocycles. The Morgan fingerprint density at radius 2 is 1.65 bits per heavy atom. The Labute approximate surface area is 155 Å². The van der Waals surface area contributed by atoms with Crippen LogP contribution < -0.4 is 4.74 Å². The number of carbonyl (C=O) groups is 1. The molecular weight excluding hydrogens is 324 g/mol. The standard InChI is InChI=1S/C23H26O3/c1-14(2)21-18(20(24)15-10-6-5-7-11-15)19-16-12-8-9-13-17(16)25-22(26-21)23(19,3)4/h5-14,18-19,21-22H,1-4H3/t18-,19-,21-,22+/m0/s1. The van der Waals surface area contributed by atoms with Gasteiger partial charge in [-0.25, -0.2) is 0 Å². The fourth-order valence-corrected chi connectivity index (χ4v) is 4.60. The van der Waals surface area contributed by atoms with Gasteiger partial charge in [-0.2, -0.15) is 0 Å². The Hall–Kier alpha value is -2.13. The predicted octanol–water partition coefficient (Wildman–Crippen LogP) is 5.07. The van der Waals surface area contributed by atoms with Gasteiger partial charge in [-0.3, -0.25) is 4.79 Å². The lowest BCUT2D eigenvalue weighted by molar-refractivity contribution is -0.249. The third-order valence-corrected chi connectivity index (χ3v) is 5.91. The molecule has 3 nitrogen and oxygen atoms in total. The maximum Gasteiger partial charge on any atom is 0.205 e. The SMILES string of the molecule is CC(C)[C@@H]1O[C@H]2Oc3ccccc3[C@@H]([C@H]1C(=O)c1ccccc1)C2(C)C. The van der Waals surface area contributed by atoms with Gasteiger partial charge in [0, 0.05) is 16.9 Å². The molecule has 0 spiro atoms. The number of carbonyl (C=O) groups excluding carboxylic acids is 1. The van der Waals surface area contributed by atoms with Gasteiger partial charge in [0.05, 0.1) is 12.0 Å². The van der Waals surface area contributed by atoms with Crippen molar-refractivity contribution in [3.05, 3.63) is 65.7 Å². The van der Waals surface area contributed by atoms with Crippen LogP contribution in [-0.2, 0) is 4.74 Å². The highest BCUT2D eigenvalue weighted by Crippen LogP contribution is 2.57. The van der Waals surface area contributed by atoms with E-state index in [0.717, 1.165) is 16.9 Å². The summed E-state index contributed by atoms with van der Waals surface area (Å²) < 4.78 is 12.6. The van der Waals surface area contributed by atoms with E-state index < -0.39 is 0 Å². The van der Waals surface area contributed by atoms with Gasteiger partial charge in [-0.15, -0.1) is 0 Å². The molecule has 1 fully saturated rings. The molecule has 0 aliphatic carbocycles. The minimum absolute atomic E-state index is 0.0614. The van der Waals surface area contributed by atoms with Crippen LogP contribution in [0.1, 0.15) is 49.5 Å². The zero-order valence-corrected chi connectivity index (χ0v) is 15.8. The summed E-state index contributed by atoms with van der Waals surface area (Å²) in [6, 6.07) is 17.7. The van der Waals surface area contributed by atoms with Gasteiger partial charge in [-0.05, 0) is 17.5 Å². The Morgan fingerprint density at radius 1 is 1.00 bits per heavy atom. The number of benzene rings is 2. The smallest absolute Gasteiger partial charge is 0.205 e. The minimum atomic E-state index is -0.338. The molecule has 1 saturated heterocycles. The molecule has 136 valence electrons. The minimum Gasteiger partial charge on any atom is -0.464 e. The van der Waals surface area contributed by atoms with Crippen LogP contribution in [0.5, 0.6) is 5.75 Å². The van der Waals surface area contributed by atoms with E-state index in [2.05, 4.69) is 33.8 Å². The molecule has 0 aromatic heterocycles. The first-order chi connectivity index (χ1) is 12.4. The molecule has 2 heterocycles. The average molecular weight is 350 g/mol. The van der Waals surface area contributed by atoms with Crippen LogP contribution >= 0.6 is 0 Å². The van der Waals surface area contributed by atoms with Crippen molar-refractivity contribution in [3.8, 4) is 5.75 Å². The summed E-state index contributed by atoms with van der Waals surface area (Å²) >= 11 is 0. The van der Waals surface area contributed by atoms with Gasteiger partial charge < -0.3 is 9.47 Å². The molecule has 2 aromatic rings. The molecule has 4 rings (SSSR count). The van der Waals surface area contributed by atoms with Crippen molar-refractivity contribution in [2.75, 3.05) is 0 Å². The molecule has 4 atom stereocenters. The van der Waals surface area contributed by atoms with Crippen LogP contribution in [0.25, 0.3) is 0 Å². The van der Waals surface area contributed by atoms with Gasteiger partial charge in [0.2, 0.25) is 6.29 Å². The van der Waals surface area contributed by atoms with Crippen molar-refractivity contribution in [3.63, 3.8) is 0 Å². The third-order valence-electron chi connectivity index (χ3n) is 5.91. The van der Waals surface area contributed by atoms with Crippen LogP contribution in [0.4, 0.5) is 0 Å². The number of para-hydroxylation sites is 1. The number of ether oxygens (including phenoxy) is 2. The van der Waals surface area contributed by atoms with E-state index in [0.29, 0.717) is 0 Å². The molecular formula is C23H26O3. The Morgan fingerprint density at radius 3 is 2.35 bits per heavy atom. The van der Waals surface area contributed by atoms with E-state index in [1.54, 1.807) is 0 Å². The summed E-state index contributed by atoms with van der Waals surface area (Å²) in [6.45, 7) is 8.55. The van der Waals surface area contributed by atoms with Crippen LogP contribution in [0.2, 0.25) is 0 Å². The summed E-state index contributed by atoms with van der Waals surface area (Å²) in [5.74, 6) is 1.06. The van der Waals surface area contributed by atoms with E-state index >= 15 is 0 Å². The van der Waals surface area contributed by atoms with E-state index in [4.69, 9.17) is 9.47 Å². The number of ketones is 1. The first-order valence-corrected chi connectivity index (χ1v) is 9.41. The van der Waals surface area contributed by atoms with Crippen molar-refractivity contribution in [2.24, 2.45) is 17.3 Å². The van der Waals surface area contributed by atoms with Crippen molar-refractivity contribution in [2.45, 2.75) is 46.0 Å². The zero-order valence-electron chi connectivity index (χ0n) is 15.8. The highest BCUT2D eigenvalue weighted by molar-refractivity contribution is 5.99. The average Bonchev–Trinajstić information content (AvgIpc) is 2.61. The van der Waals surface area contributed by atoms with Crippen LogP contribution in [0, 0.1) is 17.3 Å². The highest BCUT2D eigenvalue weighted by Gasteiger charge is 2.58. The Kier molecular flexibility index (Phi) is 4.15. The summed E-state index contributed by atoms with van der Waals surface area (Å²) in [5, 5.41) is 0. The summed E-state index contributed by atoms with van der Waals surface area (Å²) in [4.78, 5) is 13.6. The van der Waals surface area contributed by atoms with Crippen molar-refractivity contribution < 1.29 is 14.3 Å². The molecule has 0 radical (unpaired) electrons. The molecule has 26 heavy (non-hydrogen) atoms. The molecule has 2 bridgehead atoms. The quantitative estimate of drug-likeness (QED) is 0.725. The van der Waals surface area contributed by atoms with E-state index in [9.17, 15) is 4.79 Å². The van der Waals surface area contributed by atoms with Crippen molar-refractivity contribution in [1.29, 1.82) is 0 Å². The molecule has 2 aliphatic rings. The molecule has 3 heteroatoms. The lowest BCUT2D eigenvalue weighted by Gasteiger charge is -2.55. The Bertz CT molecular complexity index is 809. The van der Waals surface area contributed by atoms with Crippen LogP contribution in [0.15, 0.2) is 54.6 Å². The highest BCUT2D eigenvalue weighted by atomic mass is 16.7. The van der Waals surface area contributed by atoms with Crippen molar-refractivity contribution >= 4 is 5.78 Å². The van der Waals surface area contributed by atoms with E-state index in [-0.39, 0.29) is 41.3 Å². The lowest BCUT2D eigenvalue weighted by Crippen LogP contribution is -2.59. The van der Waals surface area contributed by atoms with Gasteiger partial charge in [0.15, 0.2) is 5.78 Å². The number of hydrogen-bond acceptors (Lipinski definition) is 3. The topological polar surface area (TPSA) is 35.5 Å². The largest absolute Gasteiger partial charge is 0.464 e. The number of fused-ring (bicyclic) bond motifs is 4. The summed E-state index contributed by atoms with van der Waals surface area (Å²) in [5.41, 5.74) is 1.59. The fourth-order valence-electron chi connectivity index (χ4n) is 4.60. The zero-order chi connectivity index (χ0) is 18.5. The van der Waals surface area contributed by atoms with Gasteiger partial charge in [0.25, 0.3) is 0 Å². The van der Waals surface area contributed by atoms with E-state index in [1.807, 2.05) is 48.5 Å². The normalized spacial score (nSPS) is 29.0. The van der Waals surface area contributed by atoms with Crippen molar-refractivity contribution in [1.82, 2.24) is 0 Å². The summed E-state index contributed by atoms with van der Waals surface area (Å²) in [7, 11) is 0. The maximum atomic E-state index is 13.6. The second-order valence-electron chi connectivity index (χ2n) is 8.39. The van der Waals surface area contributed by atoms with E-state index in [1.165, 1.54) is 0 Å². The van der Waals surface area contributed by atoms with Gasteiger partial charge in [-0.1, -0.05) is 76.2 Å². The molecule has 0 N–H and O–H groups in total. The van der Waals surface area contributed by atoms with Gasteiger partial charge in [0.1, 0.15) is 5.75 Å². The predicted molar refractivity (Wildman–Crippen MR) is 101 cm³/mol. The maximum absolute atomic E-state index is 13.6. The fraction of sp³-hybridized carbons (Fsp3) is 0.435. The second kappa shape index (κ2) is 6.24. The second-order valence-corrected chi connectivity index (χ2v) is 8.39. The third kappa shape index (κ3) is 2.57. The molecule has 0 saturated carbocycles. The number of rotatable bonds is 3. The van der Waals surface area contributed by atoms with Crippen LogP contribution in [0.3, 0.4) is 0 Å². The number of hydrogen-bond donors (Lipinski definition) is 0. The molecule has 2 aromatic carbocycles. The summed E-state index contributed by atoms with van der Waals surface area (Å²) in [6.07, 6.45) is -0.506. The first-order valence-electron chi connectivity index (χ1n) is 9.41. The monoisotopic (exact) mass is 350 g/mol.